The van der Waals surface area contributed by atoms with Crippen molar-refractivity contribution in [2.75, 3.05) is 18.9 Å². The highest BCUT2D eigenvalue weighted by molar-refractivity contribution is 5.50. The molecule has 1 saturated heterocycles. The predicted octanol–water partition coefficient (Wildman–Crippen LogP) is 3.20. The molecule has 1 aliphatic heterocycles. The van der Waals surface area contributed by atoms with E-state index in [4.69, 9.17) is 10.5 Å². The van der Waals surface area contributed by atoms with Crippen LogP contribution in [0.4, 0.5) is 5.69 Å². The summed E-state index contributed by atoms with van der Waals surface area (Å²) in [5.41, 5.74) is 11.9. The standard InChI is InChI=1S/C17H19NO/c1-12-3-4-13(2)16(9-12)17(10-19-11-17)14-5-7-15(18)8-6-14/h3-9H,10-11,18H2,1-2H3. The number of aryl methyl sites for hydroxylation is 2. The fraction of sp³-hybridized carbons (Fsp3) is 0.294. The Hall–Kier alpha value is -1.80. The molecule has 1 aliphatic rings. The summed E-state index contributed by atoms with van der Waals surface area (Å²) in [5.74, 6) is 0. The summed E-state index contributed by atoms with van der Waals surface area (Å²) >= 11 is 0. The Kier molecular flexibility index (Phi) is 2.83. The first kappa shape index (κ1) is 12.2. The molecule has 0 atom stereocenters. The molecule has 0 radical (unpaired) electrons. The van der Waals surface area contributed by atoms with E-state index >= 15 is 0 Å². The van der Waals surface area contributed by atoms with E-state index in [0.717, 1.165) is 18.9 Å². The third kappa shape index (κ3) is 1.92. The maximum atomic E-state index is 5.79. The molecule has 2 aromatic carbocycles. The zero-order chi connectivity index (χ0) is 13.5. The second-order valence-corrected chi connectivity index (χ2v) is 5.52. The maximum absolute atomic E-state index is 5.79. The van der Waals surface area contributed by atoms with E-state index in [2.05, 4.69) is 44.2 Å². The molecule has 3 rings (SSSR count). The highest BCUT2D eigenvalue weighted by Crippen LogP contribution is 2.41. The lowest BCUT2D eigenvalue weighted by atomic mass is 9.71. The van der Waals surface area contributed by atoms with Gasteiger partial charge in [0.05, 0.1) is 18.6 Å². The molecule has 2 N–H and O–H groups in total. The van der Waals surface area contributed by atoms with Crippen molar-refractivity contribution in [3.63, 3.8) is 0 Å². The molecule has 98 valence electrons. The first-order valence-corrected chi connectivity index (χ1v) is 6.63. The first-order valence-electron chi connectivity index (χ1n) is 6.63. The highest BCUT2D eigenvalue weighted by Gasteiger charge is 2.42. The van der Waals surface area contributed by atoms with Gasteiger partial charge in [-0.3, -0.25) is 0 Å². The molecule has 2 heteroatoms. The molecule has 0 amide bonds. The average molecular weight is 253 g/mol. The largest absolute Gasteiger partial charge is 0.399 e. The molecular formula is C17H19NO. The molecule has 1 heterocycles. The van der Waals surface area contributed by atoms with Crippen molar-refractivity contribution in [3.8, 4) is 0 Å². The Balaban J connectivity index is 2.13. The fourth-order valence-electron chi connectivity index (χ4n) is 2.84. The average Bonchev–Trinajstić information content (AvgIpc) is 2.34. The quantitative estimate of drug-likeness (QED) is 0.834. The Morgan fingerprint density at radius 1 is 1.00 bits per heavy atom. The lowest BCUT2D eigenvalue weighted by molar-refractivity contribution is -0.0382. The summed E-state index contributed by atoms with van der Waals surface area (Å²) in [4.78, 5) is 0. The van der Waals surface area contributed by atoms with Crippen LogP contribution in [-0.2, 0) is 10.2 Å². The molecule has 1 fully saturated rings. The van der Waals surface area contributed by atoms with Crippen LogP contribution >= 0.6 is 0 Å². The van der Waals surface area contributed by atoms with E-state index < -0.39 is 0 Å². The maximum Gasteiger partial charge on any atom is 0.0672 e. The van der Waals surface area contributed by atoms with Crippen LogP contribution in [0.25, 0.3) is 0 Å². The van der Waals surface area contributed by atoms with Crippen LogP contribution in [0.2, 0.25) is 0 Å². The van der Waals surface area contributed by atoms with Crippen LogP contribution in [-0.4, -0.2) is 13.2 Å². The third-order valence-corrected chi connectivity index (χ3v) is 4.07. The van der Waals surface area contributed by atoms with E-state index in [1.165, 1.54) is 22.3 Å². The summed E-state index contributed by atoms with van der Waals surface area (Å²) in [6, 6.07) is 14.8. The van der Waals surface area contributed by atoms with Gasteiger partial charge in [-0.15, -0.1) is 0 Å². The number of anilines is 1. The van der Waals surface area contributed by atoms with Crippen molar-refractivity contribution in [1.82, 2.24) is 0 Å². The van der Waals surface area contributed by atoms with Gasteiger partial charge >= 0.3 is 0 Å². The minimum Gasteiger partial charge on any atom is -0.399 e. The van der Waals surface area contributed by atoms with Crippen molar-refractivity contribution >= 4 is 5.69 Å². The number of nitrogen functional groups attached to an aromatic ring is 1. The summed E-state index contributed by atoms with van der Waals surface area (Å²) in [5, 5.41) is 0. The monoisotopic (exact) mass is 253 g/mol. The predicted molar refractivity (Wildman–Crippen MR) is 78.4 cm³/mol. The summed E-state index contributed by atoms with van der Waals surface area (Å²) in [6.07, 6.45) is 0. The van der Waals surface area contributed by atoms with Gasteiger partial charge in [0.25, 0.3) is 0 Å². The van der Waals surface area contributed by atoms with Gasteiger partial charge in [0.2, 0.25) is 0 Å². The van der Waals surface area contributed by atoms with Gasteiger partial charge in [-0.25, -0.2) is 0 Å². The smallest absolute Gasteiger partial charge is 0.0672 e. The second kappa shape index (κ2) is 4.39. The Morgan fingerprint density at radius 3 is 2.26 bits per heavy atom. The van der Waals surface area contributed by atoms with E-state index in [1.807, 2.05) is 12.1 Å². The fourth-order valence-corrected chi connectivity index (χ4v) is 2.84. The van der Waals surface area contributed by atoms with Crippen molar-refractivity contribution in [2.24, 2.45) is 0 Å². The van der Waals surface area contributed by atoms with Crippen molar-refractivity contribution in [2.45, 2.75) is 19.3 Å². The number of rotatable bonds is 2. The van der Waals surface area contributed by atoms with Gasteiger partial charge < -0.3 is 10.5 Å². The topological polar surface area (TPSA) is 35.2 Å². The number of benzene rings is 2. The van der Waals surface area contributed by atoms with Crippen LogP contribution in [0.5, 0.6) is 0 Å². The summed E-state index contributed by atoms with van der Waals surface area (Å²) in [6.45, 7) is 5.81. The molecule has 0 spiro atoms. The van der Waals surface area contributed by atoms with Gasteiger partial charge in [0.1, 0.15) is 0 Å². The van der Waals surface area contributed by atoms with Crippen molar-refractivity contribution < 1.29 is 4.74 Å². The van der Waals surface area contributed by atoms with Gasteiger partial charge in [0.15, 0.2) is 0 Å². The Morgan fingerprint density at radius 2 is 1.68 bits per heavy atom. The number of nitrogens with two attached hydrogens (primary N) is 1. The van der Waals surface area contributed by atoms with Crippen molar-refractivity contribution in [3.05, 3.63) is 64.7 Å². The van der Waals surface area contributed by atoms with Crippen molar-refractivity contribution in [1.29, 1.82) is 0 Å². The van der Waals surface area contributed by atoms with Gasteiger partial charge in [-0.2, -0.15) is 0 Å². The molecule has 19 heavy (non-hydrogen) atoms. The molecular weight excluding hydrogens is 234 g/mol. The van der Waals surface area contributed by atoms with Gasteiger partial charge in [-0.1, -0.05) is 35.9 Å². The minimum absolute atomic E-state index is 0.00377. The van der Waals surface area contributed by atoms with E-state index in [0.29, 0.717) is 0 Å². The third-order valence-electron chi connectivity index (χ3n) is 4.07. The van der Waals surface area contributed by atoms with Crippen LogP contribution in [0.1, 0.15) is 22.3 Å². The Labute approximate surface area is 114 Å². The van der Waals surface area contributed by atoms with Gasteiger partial charge in [-0.05, 0) is 42.7 Å². The lowest BCUT2D eigenvalue weighted by Gasteiger charge is -2.43. The minimum atomic E-state index is 0.00377. The lowest BCUT2D eigenvalue weighted by Crippen LogP contribution is -2.48. The number of hydrogen-bond acceptors (Lipinski definition) is 2. The number of ether oxygens (including phenoxy) is 1. The second-order valence-electron chi connectivity index (χ2n) is 5.52. The molecule has 0 unspecified atom stereocenters. The van der Waals surface area contributed by atoms with E-state index in [1.54, 1.807) is 0 Å². The molecule has 0 saturated carbocycles. The molecule has 0 bridgehead atoms. The zero-order valence-corrected chi connectivity index (χ0v) is 11.4. The Bertz CT molecular complexity index is 597. The van der Waals surface area contributed by atoms with Crippen LogP contribution in [0.15, 0.2) is 42.5 Å². The van der Waals surface area contributed by atoms with Crippen LogP contribution < -0.4 is 5.73 Å². The van der Waals surface area contributed by atoms with Gasteiger partial charge in [0, 0.05) is 5.69 Å². The summed E-state index contributed by atoms with van der Waals surface area (Å²) in [7, 11) is 0. The molecule has 2 nitrogen and oxygen atoms in total. The normalized spacial score (nSPS) is 16.9. The first-order chi connectivity index (χ1) is 9.12. The molecule has 0 aliphatic carbocycles. The zero-order valence-electron chi connectivity index (χ0n) is 11.4. The van der Waals surface area contributed by atoms with E-state index in [-0.39, 0.29) is 5.41 Å². The van der Waals surface area contributed by atoms with Crippen LogP contribution in [0.3, 0.4) is 0 Å². The highest BCUT2D eigenvalue weighted by atomic mass is 16.5. The SMILES string of the molecule is Cc1ccc(C)c(C2(c3ccc(N)cc3)COC2)c1. The number of hydrogen-bond donors (Lipinski definition) is 1. The van der Waals surface area contributed by atoms with E-state index in [9.17, 15) is 0 Å². The molecule has 0 aromatic heterocycles. The van der Waals surface area contributed by atoms with Crippen LogP contribution in [0, 0.1) is 13.8 Å². The summed E-state index contributed by atoms with van der Waals surface area (Å²) < 4.78 is 5.54. The molecule has 2 aromatic rings.